The standard InChI is InChI=1S/C62H88O6/c1-4-7-10-13-16-19-22-25-28-30-31-32-35-37-40-43-46-49-52-55-61(64)67-58-59(57-66-60(63)54-51-48-45-42-39-36-33-27-24-21-18-15-12-9-6-3)68-62(65)56-53-50-47-44-41-38-34-29-26-23-20-17-14-11-8-5-2/h7-13,15-22,24-33,35-41,59H,4-6,14,23,34,42-58H2,1-3H3/b10-7-,11-8-,12-9-,16-13-,18-15-,20-17-,22-19-,24-21-,28-25-,29-26-,31-30+,33-27-,35-32-,39-36-,40-37-,41-38-. The van der Waals surface area contributed by atoms with Crippen molar-refractivity contribution in [2.75, 3.05) is 13.2 Å². The van der Waals surface area contributed by atoms with Crippen LogP contribution in [0.5, 0.6) is 0 Å². The van der Waals surface area contributed by atoms with Gasteiger partial charge in [0.2, 0.25) is 0 Å². The summed E-state index contributed by atoms with van der Waals surface area (Å²) in [4.78, 5) is 38.0. The highest BCUT2D eigenvalue weighted by Crippen LogP contribution is 2.11. The van der Waals surface area contributed by atoms with Crippen LogP contribution in [0.3, 0.4) is 0 Å². The minimum absolute atomic E-state index is 0.141. The molecule has 0 saturated carbocycles. The van der Waals surface area contributed by atoms with Crippen LogP contribution < -0.4 is 0 Å². The number of hydrogen-bond donors (Lipinski definition) is 0. The summed E-state index contributed by atoms with van der Waals surface area (Å²) in [6, 6.07) is 0. The van der Waals surface area contributed by atoms with Crippen molar-refractivity contribution in [2.24, 2.45) is 0 Å². The monoisotopic (exact) mass is 929 g/mol. The molecule has 0 aromatic rings. The van der Waals surface area contributed by atoms with Crippen LogP contribution in [-0.4, -0.2) is 37.2 Å². The Morgan fingerprint density at radius 2 is 0.603 bits per heavy atom. The van der Waals surface area contributed by atoms with Crippen molar-refractivity contribution >= 4 is 17.9 Å². The summed E-state index contributed by atoms with van der Waals surface area (Å²) in [6.45, 7) is 6.09. The Morgan fingerprint density at radius 1 is 0.309 bits per heavy atom. The first-order valence-electron chi connectivity index (χ1n) is 25.6. The van der Waals surface area contributed by atoms with Crippen LogP contribution in [-0.2, 0) is 28.6 Å². The molecule has 0 aliphatic carbocycles. The maximum absolute atomic E-state index is 12.8. The van der Waals surface area contributed by atoms with E-state index in [1.54, 1.807) is 0 Å². The van der Waals surface area contributed by atoms with Gasteiger partial charge in [-0.1, -0.05) is 234 Å². The highest BCUT2D eigenvalue weighted by molar-refractivity contribution is 5.71. The number of ether oxygens (including phenoxy) is 3. The number of unbranched alkanes of at least 4 members (excludes halogenated alkanes) is 9. The number of hydrogen-bond acceptors (Lipinski definition) is 6. The Labute approximate surface area is 414 Å². The van der Waals surface area contributed by atoms with Gasteiger partial charge in [-0.15, -0.1) is 0 Å². The first-order chi connectivity index (χ1) is 33.5. The molecule has 0 aromatic heterocycles. The molecule has 0 saturated heterocycles. The quantitative estimate of drug-likeness (QED) is 0.0199. The largest absolute Gasteiger partial charge is 0.462 e. The summed E-state index contributed by atoms with van der Waals surface area (Å²) < 4.78 is 16.7. The van der Waals surface area contributed by atoms with Crippen molar-refractivity contribution in [1.82, 2.24) is 0 Å². The van der Waals surface area contributed by atoms with Gasteiger partial charge in [0, 0.05) is 19.3 Å². The lowest BCUT2D eigenvalue weighted by molar-refractivity contribution is -0.167. The average molecular weight is 929 g/mol. The van der Waals surface area contributed by atoms with Crippen molar-refractivity contribution in [2.45, 2.75) is 162 Å². The topological polar surface area (TPSA) is 78.9 Å². The van der Waals surface area contributed by atoms with Gasteiger partial charge in [-0.25, -0.2) is 0 Å². The molecule has 6 heteroatoms. The zero-order chi connectivity index (χ0) is 49.3. The lowest BCUT2D eigenvalue weighted by atomic mass is 10.1. The summed E-state index contributed by atoms with van der Waals surface area (Å²) in [5.74, 6) is -1.08. The lowest BCUT2D eigenvalue weighted by Crippen LogP contribution is -2.30. The van der Waals surface area contributed by atoms with E-state index in [1.165, 1.54) is 0 Å². The number of rotatable bonds is 42. The number of allylic oxidation sites excluding steroid dienone is 32. The zero-order valence-corrected chi connectivity index (χ0v) is 42.3. The molecule has 0 spiro atoms. The molecule has 6 nitrogen and oxygen atoms in total. The van der Waals surface area contributed by atoms with Gasteiger partial charge >= 0.3 is 17.9 Å². The predicted molar refractivity (Wildman–Crippen MR) is 292 cm³/mol. The molecule has 0 heterocycles. The van der Waals surface area contributed by atoms with Crippen LogP contribution >= 0.6 is 0 Å². The predicted octanol–water partition coefficient (Wildman–Crippen LogP) is 17.1. The zero-order valence-electron chi connectivity index (χ0n) is 42.3. The molecular formula is C62H88O6. The summed E-state index contributed by atoms with van der Waals surface area (Å²) in [5, 5.41) is 0. The summed E-state index contributed by atoms with van der Waals surface area (Å²) in [6.07, 6.45) is 82.6. The summed E-state index contributed by atoms with van der Waals surface area (Å²) in [7, 11) is 0. The van der Waals surface area contributed by atoms with E-state index < -0.39 is 6.10 Å². The van der Waals surface area contributed by atoms with Gasteiger partial charge in [-0.05, 0) is 96.3 Å². The fraction of sp³-hybridized carbons (Fsp3) is 0.435. The molecule has 0 bridgehead atoms. The number of carbonyl (C=O) groups excluding carboxylic acids is 3. The van der Waals surface area contributed by atoms with Gasteiger partial charge in [-0.3, -0.25) is 14.4 Å². The molecule has 1 atom stereocenters. The minimum atomic E-state index is -0.844. The third kappa shape index (κ3) is 51.2. The number of esters is 3. The first-order valence-corrected chi connectivity index (χ1v) is 25.6. The van der Waals surface area contributed by atoms with Gasteiger partial charge in [0.05, 0.1) is 0 Å². The molecule has 372 valence electrons. The Balaban J connectivity index is 4.68. The highest BCUT2D eigenvalue weighted by Gasteiger charge is 2.19. The van der Waals surface area contributed by atoms with Crippen molar-refractivity contribution in [1.29, 1.82) is 0 Å². The maximum atomic E-state index is 12.8. The maximum Gasteiger partial charge on any atom is 0.306 e. The van der Waals surface area contributed by atoms with Crippen molar-refractivity contribution in [3.63, 3.8) is 0 Å². The normalized spacial score (nSPS) is 13.8. The van der Waals surface area contributed by atoms with Gasteiger partial charge < -0.3 is 14.2 Å². The van der Waals surface area contributed by atoms with E-state index in [9.17, 15) is 14.4 Å². The number of carbonyl (C=O) groups is 3. The fourth-order valence-electron chi connectivity index (χ4n) is 5.90. The molecule has 0 radical (unpaired) electrons. The van der Waals surface area contributed by atoms with E-state index in [0.29, 0.717) is 19.3 Å². The summed E-state index contributed by atoms with van der Waals surface area (Å²) >= 11 is 0. The molecule has 0 fully saturated rings. The molecule has 0 aromatic carbocycles. The summed E-state index contributed by atoms with van der Waals surface area (Å²) in [5.41, 5.74) is 0. The molecular weight excluding hydrogens is 841 g/mol. The minimum Gasteiger partial charge on any atom is -0.462 e. The SMILES string of the molecule is CC\C=C/C=C\C=C/C=C\C=C/CCCCCC(=O)OCC(COC(=O)CCCCC\C=C/C=C\C=C\C=C/C=C\C=C/C=C\CC)OC(=O)CCCCC/C=C\C/C=C\C/C=C\C/C=C\CC. The third-order valence-electron chi connectivity index (χ3n) is 9.65. The van der Waals surface area contributed by atoms with E-state index in [-0.39, 0.29) is 50.4 Å². The second-order valence-electron chi connectivity index (χ2n) is 15.9. The molecule has 68 heavy (non-hydrogen) atoms. The van der Waals surface area contributed by atoms with Gasteiger partial charge in [0.1, 0.15) is 13.2 Å². The van der Waals surface area contributed by atoms with Crippen LogP contribution in [0, 0.1) is 0 Å². The third-order valence-corrected chi connectivity index (χ3v) is 9.65. The fourth-order valence-corrected chi connectivity index (χ4v) is 5.90. The van der Waals surface area contributed by atoms with Crippen LogP contribution in [0.4, 0.5) is 0 Å². The smallest absolute Gasteiger partial charge is 0.306 e. The molecule has 0 N–H and O–H groups in total. The molecule has 0 rings (SSSR count). The second kappa shape index (κ2) is 53.9. The molecule has 0 amide bonds. The van der Waals surface area contributed by atoms with Gasteiger partial charge in [0.25, 0.3) is 0 Å². The van der Waals surface area contributed by atoms with Crippen molar-refractivity contribution < 1.29 is 28.6 Å². The first kappa shape index (κ1) is 62.2. The molecule has 0 aliphatic heterocycles. The van der Waals surface area contributed by atoms with Gasteiger partial charge in [0.15, 0.2) is 6.10 Å². The van der Waals surface area contributed by atoms with E-state index in [0.717, 1.165) is 96.3 Å². The van der Waals surface area contributed by atoms with Crippen LogP contribution in [0.1, 0.15) is 156 Å². The van der Waals surface area contributed by atoms with Crippen molar-refractivity contribution in [3.05, 3.63) is 194 Å². The van der Waals surface area contributed by atoms with E-state index >= 15 is 0 Å². The Bertz CT molecular complexity index is 1730. The van der Waals surface area contributed by atoms with E-state index in [1.807, 2.05) is 122 Å². The highest BCUT2D eigenvalue weighted by atomic mass is 16.6. The van der Waals surface area contributed by atoms with Crippen LogP contribution in [0.15, 0.2) is 194 Å². The van der Waals surface area contributed by atoms with E-state index in [4.69, 9.17) is 14.2 Å². The molecule has 1 unspecified atom stereocenters. The van der Waals surface area contributed by atoms with Crippen molar-refractivity contribution in [3.8, 4) is 0 Å². The molecule has 0 aliphatic rings. The lowest BCUT2D eigenvalue weighted by Gasteiger charge is -2.18. The Kier molecular flexibility index (Phi) is 49.3. The average Bonchev–Trinajstić information content (AvgIpc) is 3.34. The van der Waals surface area contributed by atoms with Crippen LogP contribution in [0.25, 0.3) is 0 Å². The van der Waals surface area contributed by atoms with Crippen LogP contribution in [0.2, 0.25) is 0 Å². The van der Waals surface area contributed by atoms with E-state index in [2.05, 4.69) is 93.7 Å². The second-order valence-corrected chi connectivity index (χ2v) is 15.9. The van der Waals surface area contributed by atoms with Gasteiger partial charge in [-0.2, -0.15) is 0 Å². The Hall–Kier alpha value is -5.75. The Morgan fingerprint density at radius 3 is 0.971 bits per heavy atom.